The summed E-state index contributed by atoms with van der Waals surface area (Å²) in [6.07, 6.45) is 3.51. The molecular weight excluding hydrogens is 436 g/mol. The fourth-order valence-corrected chi connectivity index (χ4v) is 4.99. The lowest BCUT2D eigenvalue weighted by Gasteiger charge is -2.05. The average molecular weight is 455 g/mol. The van der Waals surface area contributed by atoms with Crippen LogP contribution in [0, 0.1) is 6.92 Å². The van der Waals surface area contributed by atoms with Gasteiger partial charge >= 0.3 is 0 Å². The molecule has 0 bridgehead atoms. The number of anilines is 2. The Labute approximate surface area is 186 Å². The number of aromatic nitrogens is 4. The van der Waals surface area contributed by atoms with Crippen molar-refractivity contribution < 1.29 is 4.79 Å². The number of pyridine rings is 1. The standard InChI is InChI=1S/C20H18N6OS3/c1-13-10-22-19(29-13)24-16(27)11-23-20-26-25-18(30-20)15-8-5-9-21-17(15)28-12-14-6-3-2-4-7-14/h2-10H,11-12H2,1H3,(H,23,26)(H,22,24,27). The number of amides is 1. The van der Waals surface area contributed by atoms with E-state index in [1.165, 1.54) is 28.2 Å². The minimum atomic E-state index is -0.179. The Balaban J connectivity index is 1.38. The molecule has 0 atom stereocenters. The minimum Gasteiger partial charge on any atom is -0.351 e. The number of nitrogens with zero attached hydrogens (tertiary/aromatic N) is 4. The van der Waals surface area contributed by atoms with Crippen LogP contribution in [0.2, 0.25) is 0 Å². The highest BCUT2D eigenvalue weighted by molar-refractivity contribution is 7.98. The van der Waals surface area contributed by atoms with Crippen molar-refractivity contribution >= 4 is 50.6 Å². The van der Waals surface area contributed by atoms with Crippen LogP contribution in [0.1, 0.15) is 10.4 Å². The number of rotatable bonds is 8. The van der Waals surface area contributed by atoms with E-state index in [1.54, 1.807) is 24.2 Å². The van der Waals surface area contributed by atoms with Gasteiger partial charge in [-0.05, 0) is 24.6 Å². The molecule has 0 saturated carbocycles. The van der Waals surface area contributed by atoms with Crippen molar-refractivity contribution in [1.29, 1.82) is 0 Å². The lowest BCUT2D eigenvalue weighted by molar-refractivity contribution is -0.114. The Bertz CT molecular complexity index is 1130. The van der Waals surface area contributed by atoms with E-state index in [0.717, 1.165) is 26.2 Å². The molecule has 152 valence electrons. The van der Waals surface area contributed by atoms with Crippen LogP contribution in [0.25, 0.3) is 10.6 Å². The quantitative estimate of drug-likeness (QED) is 0.373. The molecule has 4 rings (SSSR count). The second-order valence-corrected chi connectivity index (χ2v) is 9.40. The predicted molar refractivity (Wildman–Crippen MR) is 123 cm³/mol. The largest absolute Gasteiger partial charge is 0.351 e. The van der Waals surface area contributed by atoms with E-state index < -0.39 is 0 Å². The Hall–Kier alpha value is -2.82. The van der Waals surface area contributed by atoms with Crippen molar-refractivity contribution in [1.82, 2.24) is 20.2 Å². The van der Waals surface area contributed by atoms with Gasteiger partial charge in [0.15, 0.2) is 10.1 Å². The molecule has 1 aromatic carbocycles. The Morgan fingerprint density at radius 2 is 1.90 bits per heavy atom. The molecule has 30 heavy (non-hydrogen) atoms. The maximum atomic E-state index is 12.1. The second kappa shape index (κ2) is 9.79. The van der Waals surface area contributed by atoms with Gasteiger partial charge in [-0.3, -0.25) is 4.79 Å². The van der Waals surface area contributed by atoms with E-state index in [9.17, 15) is 4.79 Å². The topological polar surface area (TPSA) is 92.7 Å². The van der Waals surface area contributed by atoms with E-state index in [1.807, 2.05) is 37.3 Å². The van der Waals surface area contributed by atoms with Gasteiger partial charge in [-0.2, -0.15) is 0 Å². The summed E-state index contributed by atoms with van der Waals surface area (Å²) in [6.45, 7) is 2.04. The highest BCUT2D eigenvalue weighted by Gasteiger charge is 2.13. The summed E-state index contributed by atoms with van der Waals surface area (Å²) in [4.78, 5) is 21.8. The summed E-state index contributed by atoms with van der Waals surface area (Å²) in [5, 5.41) is 17.1. The number of carbonyl (C=O) groups excluding carboxylic acids is 1. The number of thioether (sulfide) groups is 1. The van der Waals surface area contributed by atoms with Crippen molar-refractivity contribution in [3.8, 4) is 10.6 Å². The molecule has 2 N–H and O–H groups in total. The third-order valence-corrected chi connectivity index (χ3v) is 6.73. The van der Waals surface area contributed by atoms with Gasteiger partial charge in [-0.15, -0.1) is 33.3 Å². The van der Waals surface area contributed by atoms with Crippen LogP contribution in [0.4, 0.5) is 10.3 Å². The second-order valence-electron chi connectivity index (χ2n) is 6.22. The van der Waals surface area contributed by atoms with Crippen LogP contribution in [-0.2, 0) is 10.5 Å². The third kappa shape index (κ3) is 5.41. The number of hydrogen-bond acceptors (Lipinski definition) is 9. The summed E-state index contributed by atoms with van der Waals surface area (Å²) in [5.41, 5.74) is 2.17. The summed E-state index contributed by atoms with van der Waals surface area (Å²) >= 11 is 4.50. The number of nitrogens with one attached hydrogen (secondary N) is 2. The fraction of sp³-hybridized carbons (Fsp3) is 0.150. The van der Waals surface area contributed by atoms with E-state index in [0.29, 0.717) is 10.3 Å². The van der Waals surface area contributed by atoms with E-state index >= 15 is 0 Å². The van der Waals surface area contributed by atoms with Crippen molar-refractivity contribution in [2.75, 3.05) is 17.2 Å². The first-order valence-corrected chi connectivity index (χ1v) is 11.7. The normalized spacial score (nSPS) is 10.7. The van der Waals surface area contributed by atoms with Crippen LogP contribution in [0.3, 0.4) is 0 Å². The Kier molecular flexibility index (Phi) is 6.67. The molecule has 4 aromatic rings. The Morgan fingerprint density at radius 1 is 1.03 bits per heavy atom. The molecule has 0 aliphatic rings. The van der Waals surface area contributed by atoms with Crippen LogP contribution in [0.5, 0.6) is 0 Å². The number of aryl methyl sites for hydroxylation is 1. The molecule has 0 saturated heterocycles. The molecule has 0 aliphatic heterocycles. The van der Waals surface area contributed by atoms with Crippen molar-refractivity contribution in [2.24, 2.45) is 0 Å². The Morgan fingerprint density at radius 3 is 2.70 bits per heavy atom. The number of benzene rings is 1. The van der Waals surface area contributed by atoms with Crippen molar-refractivity contribution in [3.63, 3.8) is 0 Å². The van der Waals surface area contributed by atoms with Gasteiger partial charge in [-0.1, -0.05) is 41.7 Å². The zero-order valence-corrected chi connectivity index (χ0v) is 18.5. The minimum absolute atomic E-state index is 0.0932. The molecular formula is C20H18N6OS3. The number of thiazole rings is 1. The first-order chi connectivity index (χ1) is 14.7. The van der Waals surface area contributed by atoms with E-state index in [4.69, 9.17) is 0 Å². The van der Waals surface area contributed by atoms with Crippen LogP contribution in [0.15, 0.2) is 59.9 Å². The van der Waals surface area contributed by atoms with Gasteiger partial charge in [-0.25, -0.2) is 9.97 Å². The predicted octanol–water partition coefficient (Wildman–Crippen LogP) is 4.71. The highest BCUT2D eigenvalue weighted by Crippen LogP contribution is 2.34. The molecule has 3 aromatic heterocycles. The van der Waals surface area contributed by atoms with Gasteiger partial charge in [0.05, 0.1) is 6.54 Å². The molecule has 1 amide bonds. The monoisotopic (exact) mass is 454 g/mol. The maximum Gasteiger partial charge on any atom is 0.245 e. The van der Waals surface area contributed by atoms with Crippen LogP contribution < -0.4 is 10.6 Å². The summed E-state index contributed by atoms with van der Waals surface area (Å²) in [5.74, 6) is 0.645. The number of carbonyl (C=O) groups is 1. The SMILES string of the molecule is Cc1cnc(NC(=O)CNc2nnc(-c3cccnc3SCc3ccccc3)s2)s1. The first-order valence-electron chi connectivity index (χ1n) is 9.09. The van der Waals surface area contributed by atoms with Gasteiger partial charge in [0.2, 0.25) is 11.0 Å². The molecule has 3 heterocycles. The zero-order chi connectivity index (χ0) is 20.8. The summed E-state index contributed by atoms with van der Waals surface area (Å²) in [6, 6.07) is 14.1. The lowest BCUT2D eigenvalue weighted by atomic mass is 10.2. The molecule has 0 aliphatic carbocycles. The average Bonchev–Trinajstić information content (AvgIpc) is 3.40. The van der Waals surface area contributed by atoms with E-state index in [2.05, 4.69) is 42.9 Å². The smallest absolute Gasteiger partial charge is 0.245 e. The third-order valence-electron chi connectivity index (χ3n) is 3.91. The molecule has 0 fully saturated rings. The van der Waals surface area contributed by atoms with Crippen LogP contribution in [-0.4, -0.2) is 32.6 Å². The van der Waals surface area contributed by atoms with Crippen LogP contribution >= 0.6 is 34.4 Å². The highest BCUT2D eigenvalue weighted by atomic mass is 32.2. The zero-order valence-electron chi connectivity index (χ0n) is 16.0. The van der Waals surface area contributed by atoms with Gasteiger partial charge in [0.1, 0.15) is 5.03 Å². The van der Waals surface area contributed by atoms with Crippen molar-refractivity contribution in [2.45, 2.75) is 17.7 Å². The van der Waals surface area contributed by atoms with Gasteiger partial charge in [0, 0.05) is 28.6 Å². The van der Waals surface area contributed by atoms with Crippen molar-refractivity contribution in [3.05, 3.63) is 65.3 Å². The molecule has 7 nitrogen and oxygen atoms in total. The maximum absolute atomic E-state index is 12.1. The summed E-state index contributed by atoms with van der Waals surface area (Å²) in [7, 11) is 0. The first kappa shape index (κ1) is 20.5. The van der Waals surface area contributed by atoms with Gasteiger partial charge < -0.3 is 10.6 Å². The fourth-order valence-electron chi connectivity index (χ4n) is 2.53. The summed E-state index contributed by atoms with van der Waals surface area (Å²) < 4.78 is 0. The lowest BCUT2D eigenvalue weighted by Crippen LogP contribution is -2.21. The van der Waals surface area contributed by atoms with Gasteiger partial charge in [0.25, 0.3) is 0 Å². The molecule has 0 unspecified atom stereocenters. The molecule has 0 radical (unpaired) electrons. The number of hydrogen-bond donors (Lipinski definition) is 2. The molecule has 0 spiro atoms. The van der Waals surface area contributed by atoms with E-state index in [-0.39, 0.29) is 12.5 Å². The molecule has 10 heteroatoms.